The van der Waals surface area contributed by atoms with Gasteiger partial charge in [-0.15, -0.1) is 0 Å². The summed E-state index contributed by atoms with van der Waals surface area (Å²) in [6, 6.07) is 30.2. The maximum Gasteiger partial charge on any atom is 0.261 e. The number of fused-ring (bicyclic) bond motifs is 2. The van der Waals surface area contributed by atoms with E-state index < -0.39 is 0 Å². The van der Waals surface area contributed by atoms with Crippen molar-refractivity contribution in [2.75, 3.05) is 6.54 Å². The Morgan fingerprint density at radius 2 is 1.76 bits per heavy atom. The van der Waals surface area contributed by atoms with E-state index in [1.807, 2.05) is 66.9 Å². The van der Waals surface area contributed by atoms with E-state index in [1.165, 1.54) is 10.8 Å². The molecule has 0 spiro atoms. The predicted molar refractivity (Wildman–Crippen MR) is 156 cm³/mol. The van der Waals surface area contributed by atoms with Crippen molar-refractivity contribution in [1.82, 2.24) is 10.3 Å². The molecule has 0 saturated carbocycles. The molecule has 1 aromatic heterocycles. The largest absolute Gasteiger partial charge is 0.488 e. The van der Waals surface area contributed by atoms with Gasteiger partial charge in [0, 0.05) is 23.6 Å². The smallest absolute Gasteiger partial charge is 0.261 e. The van der Waals surface area contributed by atoms with Gasteiger partial charge in [0.05, 0.1) is 3.57 Å². The van der Waals surface area contributed by atoms with Gasteiger partial charge in [-0.25, -0.2) is 0 Å². The van der Waals surface area contributed by atoms with E-state index in [-0.39, 0.29) is 11.5 Å². The van der Waals surface area contributed by atoms with Gasteiger partial charge in [-0.1, -0.05) is 66.7 Å². The second kappa shape index (κ2) is 11.3. The van der Waals surface area contributed by atoms with Gasteiger partial charge in [0.25, 0.3) is 5.91 Å². The zero-order valence-corrected chi connectivity index (χ0v) is 22.2. The number of rotatable bonds is 8. The number of nitrogens with one attached hydrogen (secondary N) is 2. The Labute approximate surface area is 228 Å². The molecule has 6 heteroatoms. The summed E-state index contributed by atoms with van der Waals surface area (Å²) in [7, 11) is 0. The van der Waals surface area contributed by atoms with E-state index in [0.29, 0.717) is 19.6 Å². The zero-order chi connectivity index (χ0) is 25.6. The first kappa shape index (κ1) is 24.6. The van der Waals surface area contributed by atoms with Crippen LogP contribution >= 0.6 is 22.6 Å². The van der Waals surface area contributed by atoms with Crippen LogP contribution in [0.3, 0.4) is 0 Å². The molecule has 0 radical (unpaired) electrons. The molecule has 1 amide bonds. The van der Waals surface area contributed by atoms with Crippen LogP contribution in [-0.4, -0.2) is 17.4 Å². The lowest BCUT2D eigenvalue weighted by atomic mass is 10.1. The first-order valence-corrected chi connectivity index (χ1v) is 13.0. The van der Waals surface area contributed by atoms with Crippen LogP contribution in [0.5, 0.6) is 5.75 Å². The lowest BCUT2D eigenvalue weighted by Crippen LogP contribution is -2.26. The summed E-state index contributed by atoms with van der Waals surface area (Å²) in [5.74, 6) is 0.376. The number of H-pyrrole nitrogens is 1. The number of halogens is 1. The number of aromatic nitrogens is 1. The van der Waals surface area contributed by atoms with Crippen LogP contribution in [-0.2, 0) is 17.8 Å². The monoisotopic (exact) mass is 597 g/mol. The third-order valence-electron chi connectivity index (χ3n) is 6.25. The standard InChI is InChI=1S/C31H24IN3O2/c32-28-17-21(12-13-30(28)37-20-24-8-5-7-22-6-1-2-9-26(22)24)16-25(18-33)31(36)34-15-14-23-19-35-29-11-4-3-10-27(23)29/h1-13,16-17,19,35H,14-15,20H2,(H,34,36)/b25-16-. The number of para-hydroxylation sites is 1. The number of carbonyl (C=O) groups is 1. The molecule has 1 heterocycles. The molecule has 0 unspecified atom stereocenters. The van der Waals surface area contributed by atoms with Crippen LogP contribution in [0.4, 0.5) is 0 Å². The fourth-order valence-electron chi connectivity index (χ4n) is 4.36. The molecule has 0 aliphatic rings. The average Bonchev–Trinajstić information content (AvgIpc) is 3.34. The SMILES string of the molecule is N#C/C(=C/c1ccc(OCc2cccc3ccccc23)c(I)c1)C(=O)NCCc1c[nH]c2ccccc12. The van der Waals surface area contributed by atoms with Gasteiger partial charge < -0.3 is 15.0 Å². The number of nitriles is 1. The Morgan fingerprint density at radius 1 is 0.973 bits per heavy atom. The molecule has 0 atom stereocenters. The second-order valence-corrected chi connectivity index (χ2v) is 9.81. The Balaban J connectivity index is 1.22. The first-order chi connectivity index (χ1) is 18.1. The molecule has 0 bridgehead atoms. The van der Waals surface area contributed by atoms with Gasteiger partial charge in [0.15, 0.2) is 0 Å². The Hall–Kier alpha value is -4.09. The predicted octanol–water partition coefficient (Wildman–Crippen LogP) is 6.77. The normalized spacial score (nSPS) is 11.4. The van der Waals surface area contributed by atoms with Crippen molar-refractivity contribution in [3.8, 4) is 11.8 Å². The van der Waals surface area contributed by atoms with Crippen LogP contribution in [0.2, 0.25) is 0 Å². The first-order valence-electron chi connectivity index (χ1n) is 12.0. The summed E-state index contributed by atoms with van der Waals surface area (Å²) >= 11 is 2.22. The summed E-state index contributed by atoms with van der Waals surface area (Å²) in [5.41, 5.74) is 4.16. The molecule has 182 valence electrons. The van der Waals surface area contributed by atoms with Gasteiger partial charge >= 0.3 is 0 Å². The lowest BCUT2D eigenvalue weighted by molar-refractivity contribution is -0.117. The van der Waals surface area contributed by atoms with Crippen molar-refractivity contribution in [3.63, 3.8) is 0 Å². The second-order valence-electron chi connectivity index (χ2n) is 8.65. The van der Waals surface area contributed by atoms with E-state index >= 15 is 0 Å². The fraction of sp³-hybridized carbons (Fsp3) is 0.0968. The van der Waals surface area contributed by atoms with Gasteiger partial charge in [0.1, 0.15) is 24.0 Å². The molecule has 5 nitrogen and oxygen atoms in total. The number of nitrogens with zero attached hydrogens (tertiary/aromatic N) is 1. The number of hydrogen-bond acceptors (Lipinski definition) is 3. The summed E-state index contributed by atoms with van der Waals surface area (Å²) < 4.78 is 7.01. The van der Waals surface area contributed by atoms with Gasteiger partial charge in [-0.3, -0.25) is 4.79 Å². The summed E-state index contributed by atoms with van der Waals surface area (Å²) in [4.78, 5) is 15.9. The minimum Gasteiger partial charge on any atom is -0.488 e. The minimum atomic E-state index is -0.381. The van der Waals surface area contributed by atoms with E-state index in [2.05, 4.69) is 63.2 Å². The van der Waals surface area contributed by atoms with Crippen molar-refractivity contribution >= 4 is 56.2 Å². The molecule has 37 heavy (non-hydrogen) atoms. The molecule has 5 rings (SSSR count). The maximum absolute atomic E-state index is 12.7. The number of amides is 1. The van der Waals surface area contributed by atoms with Crippen LogP contribution in [0.25, 0.3) is 27.8 Å². The molecule has 5 aromatic rings. The third kappa shape index (κ3) is 5.68. The average molecular weight is 597 g/mol. The van der Waals surface area contributed by atoms with Crippen LogP contribution in [0, 0.1) is 14.9 Å². The highest BCUT2D eigenvalue weighted by Gasteiger charge is 2.11. The fourth-order valence-corrected chi connectivity index (χ4v) is 5.05. The van der Waals surface area contributed by atoms with E-state index in [4.69, 9.17) is 4.74 Å². The van der Waals surface area contributed by atoms with Gasteiger partial charge in [-0.05, 0) is 80.7 Å². The van der Waals surface area contributed by atoms with E-state index in [1.54, 1.807) is 6.08 Å². The Bertz CT molecular complexity index is 1660. The highest BCUT2D eigenvalue weighted by Crippen LogP contribution is 2.26. The molecule has 0 fully saturated rings. The minimum absolute atomic E-state index is 0.0687. The summed E-state index contributed by atoms with van der Waals surface area (Å²) in [5, 5.41) is 16.0. The summed E-state index contributed by atoms with van der Waals surface area (Å²) in [6.45, 7) is 0.896. The quantitative estimate of drug-likeness (QED) is 0.118. The van der Waals surface area contributed by atoms with Crippen molar-refractivity contribution in [3.05, 3.63) is 117 Å². The topological polar surface area (TPSA) is 77.9 Å². The van der Waals surface area contributed by atoms with Crippen molar-refractivity contribution in [1.29, 1.82) is 5.26 Å². The maximum atomic E-state index is 12.7. The molecular weight excluding hydrogens is 573 g/mol. The number of benzene rings is 4. The zero-order valence-electron chi connectivity index (χ0n) is 20.0. The molecule has 4 aromatic carbocycles. The molecule has 0 aliphatic heterocycles. The number of carbonyl (C=O) groups excluding carboxylic acids is 1. The van der Waals surface area contributed by atoms with Crippen LogP contribution < -0.4 is 10.1 Å². The number of ether oxygens (including phenoxy) is 1. The van der Waals surface area contributed by atoms with Crippen molar-refractivity contribution in [2.45, 2.75) is 13.0 Å². The highest BCUT2D eigenvalue weighted by atomic mass is 127. The van der Waals surface area contributed by atoms with Crippen LogP contribution in [0.15, 0.2) is 96.7 Å². The van der Waals surface area contributed by atoms with E-state index in [9.17, 15) is 10.1 Å². The Morgan fingerprint density at radius 3 is 2.59 bits per heavy atom. The molecule has 2 N–H and O–H groups in total. The highest BCUT2D eigenvalue weighted by molar-refractivity contribution is 14.1. The molecule has 0 saturated heterocycles. The van der Waals surface area contributed by atoms with Crippen molar-refractivity contribution < 1.29 is 9.53 Å². The Kier molecular flexibility index (Phi) is 7.52. The van der Waals surface area contributed by atoms with E-state index in [0.717, 1.165) is 36.9 Å². The number of hydrogen-bond donors (Lipinski definition) is 2. The molecular formula is C31H24IN3O2. The summed E-state index contributed by atoms with van der Waals surface area (Å²) in [6.07, 6.45) is 4.25. The van der Waals surface area contributed by atoms with Crippen molar-refractivity contribution in [2.24, 2.45) is 0 Å². The van der Waals surface area contributed by atoms with Gasteiger partial charge in [-0.2, -0.15) is 5.26 Å². The van der Waals surface area contributed by atoms with Crippen LogP contribution in [0.1, 0.15) is 16.7 Å². The molecule has 0 aliphatic carbocycles. The van der Waals surface area contributed by atoms with Gasteiger partial charge in [0.2, 0.25) is 0 Å². The third-order valence-corrected chi connectivity index (χ3v) is 7.09. The lowest BCUT2D eigenvalue weighted by Gasteiger charge is -2.11. The number of aromatic amines is 1.